The molecule has 0 saturated carbocycles. The molecule has 0 spiro atoms. The number of carbonyl (C=O) groups is 1. The van der Waals surface area contributed by atoms with E-state index in [2.05, 4.69) is 48.7 Å². The standard InChI is InChI=1S/C22H28N2O3S/c1-14(2)11-16-5-3-15(4-6-16)9-10-23-12-19(27)17-7-8-18(26)21-22(17)28-20(13-25)24-21/h3-8,13-14,19-20,23-24,26-27H,9-12H2,1-2H3. The van der Waals surface area contributed by atoms with Crippen molar-refractivity contribution in [3.63, 3.8) is 0 Å². The maximum absolute atomic E-state index is 11.0. The Morgan fingerprint density at radius 1 is 1.18 bits per heavy atom. The summed E-state index contributed by atoms with van der Waals surface area (Å²) < 4.78 is 0. The number of hydrogen-bond donors (Lipinski definition) is 4. The number of aliphatic hydroxyl groups is 1. The van der Waals surface area contributed by atoms with Crippen LogP contribution < -0.4 is 10.6 Å². The molecule has 0 saturated heterocycles. The molecule has 5 nitrogen and oxygen atoms in total. The van der Waals surface area contributed by atoms with Crippen molar-refractivity contribution in [2.45, 2.75) is 43.1 Å². The molecule has 6 heteroatoms. The van der Waals surface area contributed by atoms with E-state index in [1.165, 1.54) is 22.9 Å². The highest BCUT2D eigenvalue weighted by atomic mass is 32.2. The molecular formula is C22H28N2O3S. The monoisotopic (exact) mass is 400 g/mol. The van der Waals surface area contributed by atoms with Crippen molar-refractivity contribution in [2.24, 2.45) is 5.92 Å². The minimum absolute atomic E-state index is 0.0941. The minimum atomic E-state index is -0.706. The van der Waals surface area contributed by atoms with Gasteiger partial charge in [0.05, 0.1) is 11.8 Å². The van der Waals surface area contributed by atoms with E-state index in [0.717, 1.165) is 36.1 Å². The van der Waals surface area contributed by atoms with Crippen molar-refractivity contribution >= 4 is 23.7 Å². The van der Waals surface area contributed by atoms with Gasteiger partial charge in [0, 0.05) is 11.4 Å². The van der Waals surface area contributed by atoms with E-state index < -0.39 is 11.5 Å². The van der Waals surface area contributed by atoms with E-state index in [4.69, 9.17) is 0 Å². The third-order valence-electron chi connectivity index (χ3n) is 4.78. The van der Waals surface area contributed by atoms with E-state index in [1.807, 2.05) is 0 Å². The Labute approximate surface area is 170 Å². The highest BCUT2D eigenvalue weighted by Crippen LogP contribution is 2.46. The topological polar surface area (TPSA) is 81.6 Å². The Bertz CT molecular complexity index is 808. The van der Waals surface area contributed by atoms with Crippen molar-refractivity contribution < 1.29 is 15.0 Å². The third-order valence-corrected chi connectivity index (χ3v) is 5.93. The van der Waals surface area contributed by atoms with Crippen LogP contribution in [0.1, 0.15) is 36.6 Å². The van der Waals surface area contributed by atoms with Gasteiger partial charge in [-0.05, 0) is 48.1 Å². The summed E-state index contributed by atoms with van der Waals surface area (Å²) in [6, 6.07) is 12.0. The molecule has 4 N–H and O–H groups in total. The van der Waals surface area contributed by atoms with Gasteiger partial charge in [-0.2, -0.15) is 0 Å². The predicted molar refractivity (Wildman–Crippen MR) is 114 cm³/mol. The molecule has 2 aromatic rings. The van der Waals surface area contributed by atoms with Crippen molar-refractivity contribution in [2.75, 3.05) is 18.4 Å². The summed E-state index contributed by atoms with van der Waals surface area (Å²) in [5.41, 5.74) is 3.89. The zero-order valence-corrected chi connectivity index (χ0v) is 17.1. The highest BCUT2D eigenvalue weighted by Gasteiger charge is 2.28. The normalized spacial score (nSPS) is 16.6. The number of aliphatic hydroxyl groups excluding tert-OH is 1. The molecule has 0 bridgehead atoms. The Morgan fingerprint density at radius 3 is 2.57 bits per heavy atom. The molecule has 2 unspecified atom stereocenters. The first kappa shape index (κ1) is 20.7. The van der Waals surface area contributed by atoms with Gasteiger partial charge in [-0.3, -0.25) is 0 Å². The van der Waals surface area contributed by atoms with Crippen LogP contribution in [-0.2, 0) is 17.6 Å². The lowest BCUT2D eigenvalue weighted by atomic mass is 10.0. The number of anilines is 1. The molecule has 28 heavy (non-hydrogen) atoms. The van der Waals surface area contributed by atoms with Crippen LogP contribution in [0.25, 0.3) is 0 Å². The van der Waals surface area contributed by atoms with Crippen LogP contribution in [0.15, 0.2) is 41.3 Å². The van der Waals surface area contributed by atoms with E-state index in [-0.39, 0.29) is 5.75 Å². The predicted octanol–water partition coefficient (Wildman–Crippen LogP) is 3.50. The lowest BCUT2D eigenvalue weighted by Gasteiger charge is -2.16. The number of benzene rings is 2. The van der Waals surface area contributed by atoms with Gasteiger partial charge in [-0.25, -0.2) is 0 Å². The summed E-state index contributed by atoms with van der Waals surface area (Å²) in [6.07, 6.45) is 2.08. The molecule has 3 rings (SSSR count). The largest absolute Gasteiger partial charge is 0.506 e. The summed E-state index contributed by atoms with van der Waals surface area (Å²) in [6.45, 7) is 5.62. The summed E-state index contributed by atoms with van der Waals surface area (Å²) in [4.78, 5) is 11.8. The molecule has 0 radical (unpaired) electrons. The first-order valence-electron chi connectivity index (χ1n) is 9.69. The first-order valence-corrected chi connectivity index (χ1v) is 10.6. The lowest BCUT2D eigenvalue weighted by Crippen LogP contribution is -2.24. The molecule has 0 fully saturated rings. The van der Waals surface area contributed by atoms with Gasteiger partial charge in [0.15, 0.2) is 6.29 Å². The Hall–Kier alpha value is -2.02. The maximum Gasteiger partial charge on any atom is 0.152 e. The maximum atomic E-state index is 11.0. The van der Waals surface area contributed by atoms with Gasteiger partial charge in [-0.1, -0.05) is 55.9 Å². The zero-order chi connectivity index (χ0) is 20.1. The van der Waals surface area contributed by atoms with Gasteiger partial charge in [-0.15, -0.1) is 0 Å². The summed E-state index contributed by atoms with van der Waals surface area (Å²) >= 11 is 1.32. The van der Waals surface area contributed by atoms with Crippen LogP contribution >= 0.6 is 11.8 Å². The van der Waals surface area contributed by atoms with Crippen LogP contribution in [0.3, 0.4) is 0 Å². The Kier molecular flexibility index (Phi) is 6.99. The van der Waals surface area contributed by atoms with Crippen LogP contribution in [0.2, 0.25) is 0 Å². The average molecular weight is 401 g/mol. The second kappa shape index (κ2) is 9.45. The van der Waals surface area contributed by atoms with Crippen molar-refractivity contribution in [3.8, 4) is 5.75 Å². The molecule has 0 amide bonds. The molecule has 1 aliphatic rings. The second-order valence-corrected chi connectivity index (χ2v) is 8.73. The highest BCUT2D eigenvalue weighted by molar-refractivity contribution is 8.01. The first-order chi connectivity index (χ1) is 13.5. The number of aromatic hydroxyl groups is 1. The Balaban J connectivity index is 1.51. The smallest absolute Gasteiger partial charge is 0.152 e. The van der Waals surface area contributed by atoms with E-state index in [9.17, 15) is 15.0 Å². The van der Waals surface area contributed by atoms with Crippen LogP contribution in [0, 0.1) is 5.92 Å². The number of carbonyl (C=O) groups excluding carboxylic acids is 1. The SMILES string of the molecule is CC(C)Cc1ccc(CCNCC(O)c2ccc(O)c3c2SC(C=O)N3)cc1. The fourth-order valence-electron chi connectivity index (χ4n) is 3.37. The molecule has 0 aliphatic carbocycles. The van der Waals surface area contributed by atoms with Crippen molar-refractivity contribution in [1.29, 1.82) is 0 Å². The zero-order valence-electron chi connectivity index (χ0n) is 16.3. The van der Waals surface area contributed by atoms with Gasteiger partial charge in [0.1, 0.15) is 11.1 Å². The summed E-state index contributed by atoms with van der Waals surface area (Å²) in [5.74, 6) is 0.752. The van der Waals surface area contributed by atoms with Gasteiger partial charge < -0.3 is 25.6 Å². The molecule has 1 heterocycles. The van der Waals surface area contributed by atoms with Crippen LogP contribution in [0.5, 0.6) is 5.75 Å². The number of aldehydes is 1. The molecule has 1 aliphatic heterocycles. The second-order valence-electron chi connectivity index (χ2n) is 7.58. The molecule has 2 atom stereocenters. The number of rotatable bonds is 9. The third kappa shape index (κ3) is 5.07. The van der Waals surface area contributed by atoms with E-state index in [1.54, 1.807) is 12.1 Å². The number of fused-ring (bicyclic) bond motifs is 1. The van der Waals surface area contributed by atoms with E-state index >= 15 is 0 Å². The van der Waals surface area contributed by atoms with E-state index in [0.29, 0.717) is 18.2 Å². The number of hydrogen-bond acceptors (Lipinski definition) is 6. The molecule has 150 valence electrons. The van der Waals surface area contributed by atoms with Gasteiger partial charge in [0.2, 0.25) is 0 Å². The van der Waals surface area contributed by atoms with Gasteiger partial charge in [0.25, 0.3) is 0 Å². The fourth-order valence-corrected chi connectivity index (χ4v) is 4.48. The average Bonchev–Trinajstić information content (AvgIpc) is 3.11. The minimum Gasteiger partial charge on any atom is -0.506 e. The van der Waals surface area contributed by atoms with Crippen LogP contribution in [0.4, 0.5) is 5.69 Å². The van der Waals surface area contributed by atoms with Crippen molar-refractivity contribution in [3.05, 3.63) is 53.1 Å². The number of nitrogens with one attached hydrogen (secondary N) is 2. The fraction of sp³-hybridized carbons (Fsp3) is 0.409. The summed E-state index contributed by atoms with van der Waals surface area (Å²) in [7, 11) is 0. The number of thioether (sulfide) groups is 1. The Morgan fingerprint density at radius 2 is 1.89 bits per heavy atom. The van der Waals surface area contributed by atoms with Gasteiger partial charge >= 0.3 is 0 Å². The molecular weight excluding hydrogens is 372 g/mol. The summed E-state index contributed by atoms with van der Waals surface area (Å²) in [5, 5.41) is 26.4. The molecule has 2 aromatic carbocycles. The van der Waals surface area contributed by atoms with Crippen molar-refractivity contribution in [1.82, 2.24) is 5.32 Å². The lowest BCUT2D eigenvalue weighted by molar-refractivity contribution is -0.107. The van der Waals surface area contributed by atoms with Crippen LogP contribution in [-0.4, -0.2) is 35.0 Å². The number of phenolic OH excluding ortho intramolecular Hbond substituents is 1. The quantitative estimate of drug-likeness (QED) is 0.293. The molecule has 0 aromatic heterocycles. The number of phenols is 1.